The summed E-state index contributed by atoms with van der Waals surface area (Å²) in [4.78, 5) is 12.6. The summed E-state index contributed by atoms with van der Waals surface area (Å²) in [6.45, 7) is 6.93. The second kappa shape index (κ2) is 13.0. The number of aromatic nitrogens is 1. The van der Waals surface area contributed by atoms with Crippen molar-refractivity contribution < 1.29 is 18.8 Å². The third-order valence-electron chi connectivity index (χ3n) is 7.07. The number of aryl methyl sites for hydroxylation is 1. The van der Waals surface area contributed by atoms with E-state index in [1.807, 2.05) is 39.0 Å². The van der Waals surface area contributed by atoms with Gasteiger partial charge >= 0.3 is 5.97 Å². The van der Waals surface area contributed by atoms with Gasteiger partial charge in [-0.2, -0.15) is 0 Å². The van der Waals surface area contributed by atoms with Crippen molar-refractivity contribution >= 4 is 5.97 Å². The molecule has 1 saturated carbocycles. The zero-order valence-corrected chi connectivity index (χ0v) is 22.5. The number of nitrogens with zero attached hydrogens (tertiary/aromatic N) is 1. The largest absolute Gasteiger partial charge is 0.460 e. The van der Waals surface area contributed by atoms with E-state index in [4.69, 9.17) is 14.0 Å². The van der Waals surface area contributed by atoms with Gasteiger partial charge in [0, 0.05) is 24.5 Å². The van der Waals surface area contributed by atoms with E-state index in [0.717, 1.165) is 55.0 Å². The Labute approximate surface area is 221 Å². The molecule has 5 heteroatoms. The van der Waals surface area contributed by atoms with Crippen LogP contribution in [0.3, 0.4) is 0 Å². The lowest BCUT2D eigenvalue weighted by molar-refractivity contribution is -0.155. The number of carbonyl (C=O) groups is 1. The van der Waals surface area contributed by atoms with Gasteiger partial charge in [-0.05, 0) is 76.3 Å². The number of esters is 1. The summed E-state index contributed by atoms with van der Waals surface area (Å²) in [7, 11) is 0. The molecule has 0 radical (unpaired) electrons. The van der Waals surface area contributed by atoms with E-state index in [9.17, 15) is 4.79 Å². The van der Waals surface area contributed by atoms with Crippen molar-refractivity contribution in [1.82, 2.24) is 5.16 Å². The van der Waals surface area contributed by atoms with Crippen molar-refractivity contribution in [2.45, 2.75) is 89.8 Å². The quantitative estimate of drug-likeness (QED) is 0.177. The van der Waals surface area contributed by atoms with E-state index in [0.29, 0.717) is 25.6 Å². The molecule has 4 rings (SSSR count). The maximum atomic E-state index is 12.6. The lowest BCUT2D eigenvalue weighted by atomic mass is 9.71. The maximum Gasteiger partial charge on any atom is 0.306 e. The second-order valence-corrected chi connectivity index (χ2v) is 11.4. The summed E-state index contributed by atoms with van der Waals surface area (Å²) in [5, 5.41) is 4.41. The normalized spacial score (nSPS) is 18.2. The van der Waals surface area contributed by atoms with E-state index in [-0.39, 0.29) is 11.9 Å². The first kappa shape index (κ1) is 27.1. The Hall–Kier alpha value is -2.92. The Kier molecular flexibility index (Phi) is 9.56. The SMILES string of the molecule is CC(C)(C)OC(=O)C[C@H](CCCOCc1ccccc1)c1cc(C2CC(CCc3ccccc3)C2)on1. The third-order valence-corrected chi connectivity index (χ3v) is 7.07. The van der Waals surface area contributed by atoms with Crippen molar-refractivity contribution in [2.75, 3.05) is 6.61 Å². The molecule has 1 aliphatic carbocycles. The highest BCUT2D eigenvalue weighted by Gasteiger charge is 2.33. The van der Waals surface area contributed by atoms with Crippen molar-refractivity contribution in [3.05, 3.63) is 89.3 Å². The molecular formula is C32H41NO4. The highest BCUT2D eigenvalue weighted by molar-refractivity contribution is 5.71. The first-order valence-corrected chi connectivity index (χ1v) is 13.7. The minimum Gasteiger partial charge on any atom is -0.460 e. The van der Waals surface area contributed by atoms with Crippen LogP contribution in [0.1, 0.15) is 93.7 Å². The summed E-state index contributed by atoms with van der Waals surface area (Å²) in [5.74, 6) is 1.88. The topological polar surface area (TPSA) is 61.6 Å². The van der Waals surface area contributed by atoms with Crippen LogP contribution < -0.4 is 0 Å². The first-order valence-electron chi connectivity index (χ1n) is 13.7. The van der Waals surface area contributed by atoms with E-state index >= 15 is 0 Å². The zero-order chi connectivity index (χ0) is 26.1. The molecule has 0 unspecified atom stereocenters. The minimum atomic E-state index is -0.504. The Balaban J connectivity index is 1.28. The van der Waals surface area contributed by atoms with Crippen molar-refractivity contribution in [1.29, 1.82) is 0 Å². The van der Waals surface area contributed by atoms with Gasteiger partial charge < -0.3 is 14.0 Å². The van der Waals surface area contributed by atoms with Crippen molar-refractivity contribution in [3.8, 4) is 0 Å². The lowest BCUT2D eigenvalue weighted by Gasteiger charge is -2.33. The fraction of sp³-hybridized carbons (Fsp3) is 0.500. The number of rotatable bonds is 13. The Morgan fingerprint density at radius 1 is 1.03 bits per heavy atom. The first-order chi connectivity index (χ1) is 17.9. The number of ether oxygens (including phenoxy) is 2. The molecule has 0 saturated heterocycles. The van der Waals surface area contributed by atoms with E-state index < -0.39 is 5.60 Å². The van der Waals surface area contributed by atoms with Crippen LogP contribution in [0, 0.1) is 5.92 Å². The van der Waals surface area contributed by atoms with Crippen LogP contribution in [-0.4, -0.2) is 23.3 Å². The molecular weight excluding hydrogens is 462 g/mol. The molecule has 0 amide bonds. The minimum absolute atomic E-state index is 0.0402. The van der Waals surface area contributed by atoms with Crippen molar-refractivity contribution in [2.24, 2.45) is 5.92 Å². The number of hydrogen-bond acceptors (Lipinski definition) is 5. The average molecular weight is 504 g/mol. The molecule has 2 aromatic carbocycles. The maximum absolute atomic E-state index is 12.6. The van der Waals surface area contributed by atoms with Crippen LogP contribution in [0.25, 0.3) is 0 Å². The summed E-state index contributed by atoms with van der Waals surface area (Å²) in [6.07, 6.45) is 6.57. The van der Waals surface area contributed by atoms with Gasteiger partial charge in [-0.3, -0.25) is 4.79 Å². The fourth-order valence-corrected chi connectivity index (χ4v) is 5.04. The molecule has 1 fully saturated rings. The summed E-state index contributed by atoms with van der Waals surface area (Å²) >= 11 is 0. The number of hydrogen-bond donors (Lipinski definition) is 0. The predicted octanol–water partition coefficient (Wildman–Crippen LogP) is 7.61. The van der Waals surface area contributed by atoms with E-state index in [2.05, 4.69) is 53.7 Å². The van der Waals surface area contributed by atoms with E-state index in [1.165, 1.54) is 12.0 Å². The van der Waals surface area contributed by atoms with Crippen LogP contribution >= 0.6 is 0 Å². The Morgan fingerprint density at radius 2 is 1.70 bits per heavy atom. The average Bonchev–Trinajstić information content (AvgIpc) is 3.32. The zero-order valence-electron chi connectivity index (χ0n) is 22.5. The lowest BCUT2D eigenvalue weighted by Crippen LogP contribution is -2.25. The number of carbonyl (C=O) groups excluding carboxylic acids is 1. The van der Waals surface area contributed by atoms with Gasteiger partial charge in [-0.1, -0.05) is 65.8 Å². The van der Waals surface area contributed by atoms with Crippen LogP contribution in [-0.2, 0) is 27.3 Å². The van der Waals surface area contributed by atoms with Crippen molar-refractivity contribution in [3.63, 3.8) is 0 Å². The monoisotopic (exact) mass is 503 g/mol. The molecule has 5 nitrogen and oxygen atoms in total. The smallest absolute Gasteiger partial charge is 0.306 e. The van der Waals surface area contributed by atoms with Gasteiger partial charge in [0.2, 0.25) is 0 Å². The molecule has 37 heavy (non-hydrogen) atoms. The highest BCUT2D eigenvalue weighted by atomic mass is 16.6. The Bertz CT molecular complexity index is 1080. The molecule has 1 aromatic heterocycles. The molecule has 1 atom stereocenters. The molecule has 0 N–H and O–H groups in total. The van der Waals surface area contributed by atoms with Gasteiger partial charge in [0.15, 0.2) is 0 Å². The molecule has 1 heterocycles. The van der Waals surface area contributed by atoms with Gasteiger partial charge in [0.25, 0.3) is 0 Å². The van der Waals surface area contributed by atoms with Crippen LogP contribution in [0.15, 0.2) is 71.3 Å². The fourth-order valence-electron chi connectivity index (χ4n) is 5.04. The second-order valence-electron chi connectivity index (χ2n) is 11.4. The van der Waals surface area contributed by atoms with E-state index in [1.54, 1.807) is 0 Å². The number of benzene rings is 2. The van der Waals surface area contributed by atoms with Gasteiger partial charge in [0.05, 0.1) is 18.7 Å². The predicted molar refractivity (Wildman–Crippen MR) is 145 cm³/mol. The third kappa shape index (κ3) is 8.85. The molecule has 0 aliphatic heterocycles. The molecule has 3 aromatic rings. The van der Waals surface area contributed by atoms with Gasteiger partial charge in [-0.15, -0.1) is 0 Å². The summed E-state index contributed by atoms with van der Waals surface area (Å²) in [6, 6.07) is 22.9. The van der Waals surface area contributed by atoms with Crippen LogP contribution in [0.2, 0.25) is 0 Å². The highest BCUT2D eigenvalue weighted by Crippen LogP contribution is 2.44. The summed E-state index contributed by atoms with van der Waals surface area (Å²) < 4.78 is 17.3. The standard InChI is InChI=1S/C32H41NO4/c1-32(2,3)36-31(34)21-27(15-10-18-35-23-25-13-8-5-9-14-25)29-22-30(37-33-29)28-19-26(20-28)17-16-24-11-6-4-7-12-24/h4-9,11-14,22,26-28H,10,15-21,23H2,1-3H3/t26?,27-,28?/m0/s1. The summed E-state index contributed by atoms with van der Waals surface area (Å²) in [5.41, 5.74) is 2.93. The molecule has 1 aliphatic rings. The van der Waals surface area contributed by atoms with Crippen LogP contribution in [0.4, 0.5) is 0 Å². The van der Waals surface area contributed by atoms with Crippen LogP contribution in [0.5, 0.6) is 0 Å². The molecule has 0 bridgehead atoms. The Morgan fingerprint density at radius 3 is 2.38 bits per heavy atom. The molecule has 198 valence electrons. The van der Waals surface area contributed by atoms with Gasteiger partial charge in [-0.25, -0.2) is 0 Å². The van der Waals surface area contributed by atoms with Gasteiger partial charge in [0.1, 0.15) is 11.4 Å². The molecule has 0 spiro atoms.